The number of benzene rings is 3. The molecule has 1 N–H and O–H groups in total. The van der Waals surface area contributed by atoms with Crippen LogP contribution in [-0.2, 0) is 12.0 Å². The highest BCUT2D eigenvalue weighted by Crippen LogP contribution is 2.31. The van der Waals surface area contributed by atoms with Crippen molar-refractivity contribution in [2.45, 2.75) is 64.4 Å². The molecule has 3 aromatic rings. The lowest BCUT2D eigenvalue weighted by Crippen LogP contribution is -2.24. The molecule has 0 fully saturated rings. The number of methoxy groups -OCH3 is 2. The smallest absolute Gasteiger partial charge is 0.160 e. The molecule has 3 aromatic carbocycles. The molecule has 3 rings (SSSR count). The van der Waals surface area contributed by atoms with Crippen LogP contribution in [0.25, 0.3) is 0 Å². The fraction of sp³-hybridized carbons (Fsp3) is 0.333. The van der Waals surface area contributed by atoms with Gasteiger partial charge in [0.25, 0.3) is 0 Å². The largest absolute Gasteiger partial charge is 0.493 e. The average molecular weight is 525 g/mol. The summed E-state index contributed by atoms with van der Waals surface area (Å²) < 4.78 is 10.7. The number of hydrogen-bond acceptors (Lipinski definition) is 3. The predicted octanol–water partition coefficient (Wildman–Crippen LogP) is 8.97. The van der Waals surface area contributed by atoms with E-state index in [-0.39, 0.29) is 0 Å². The van der Waals surface area contributed by atoms with Crippen molar-refractivity contribution >= 4 is 0 Å². The summed E-state index contributed by atoms with van der Waals surface area (Å²) in [5.41, 5.74) is 4.78. The van der Waals surface area contributed by atoms with Crippen molar-refractivity contribution in [3.05, 3.63) is 131 Å². The van der Waals surface area contributed by atoms with E-state index in [9.17, 15) is 5.11 Å². The summed E-state index contributed by atoms with van der Waals surface area (Å²) in [7, 11) is 3.34. The van der Waals surface area contributed by atoms with E-state index < -0.39 is 5.60 Å². The molecule has 0 saturated carbocycles. The van der Waals surface area contributed by atoms with E-state index >= 15 is 0 Å². The van der Waals surface area contributed by atoms with Crippen molar-refractivity contribution in [3.8, 4) is 11.5 Å². The van der Waals surface area contributed by atoms with Crippen LogP contribution in [0.15, 0.2) is 114 Å². The summed E-state index contributed by atoms with van der Waals surface area (Å²) in [6.07, 6.45) is 16.0. The maximum Gasteiger partial charge on any atom is 0.160 e. The number of unbranched alkanes of at least 4 members (excludes halogenated alkanes) is 1. The van der Waals surface area contributed by atoms with Crippen molar-refractivity contribution in [1.82, 2.24) is 0 Å². The highest BCUT2D eigenvalue weighted by molar-refractivity contribution is 5.43. The second-order valence-electron chi connectivity index (χ2n) is 10.2. The van der Waals surface area contributed by atoms with Gasteiger partial charge in [0.2, 0.25) is 0 Å². The van der Waals surface area contributed by atoms with E-state index in [0.717, 1.165) is 67.6 Å². The van der Waals surface area contributed by atoms with Crippen molar-refractivity contribution in [2.24, 2.45) is 0 Å². The zero-order valence-corrected chi connectivity index (χ0v) is 24.0. The second-order valence-corrected chi connectivity index (χ2v) is 10.2. The van der Waals surface area contributed by atoms with Gasteiger partial charge in [0.1, 0.15) is 5.60 Å². The average Bonchev–Trinajstić information content (AvgIpc) is 2.97. The molecule has 0 heterocycles. The van der Waals surface area contributed by atoms with Crippen molar-refractivity contribution in [3.63, 3.8) is 0 Å². The summed E-state index contributed by atoms with van der Waals surface area (Å²) in [6.45, 7) is 4.45. The Morgan fingerprint density at radius 2 is 1.31 bits per heavy atom. The monoisotopic (exact) mass is 524 g/mol. The molecule has 0 amide bonds. The number of ether oxygens (including phenoxy) is 2. The van der Waals surface area contributed by atoms with Crippen LogP contribution < -0.4 is 9.47 Å². The maximum absolute atomic E-state index is 11.6. The molecular formula is C36H44O3. The fourth-order valence-electron chi connectivity index (χ4n) is 4.77. The quantitative estimate of drug-likeness (QED) is 0.159. The first-order valence-corrected chi connectivity index (χ1v) is 14.0. The Kier molecular flexibility index (Phi) is 12.1. The molecule has 3 nitrogen and oxygen atoms in total. The predicted molar refractivity (Wildman–Crippen MR) is 163 cm³/mol. The Hall–Kier alpha value is -3.56. The minimum absolute atomic E-state index is 0.770. The fourth-order valence-corrected chi connectivity index (χ4v) is 4.77. The molecule has 0 bridgehead atoms. The minimum atomic E-state index is -1.11. The first-order chi connectivity index (χ1) is 19.0. The first kappa shape index (κ1) is 30.0. The second kappa shape index (κ2) is 15.8. The van der Waals surface area contributed by atoms with Gasteiger partial charge in [0.05, 0.1) is 14.2 Å². The van der Waals surface area contributed by atoms with Crippen LogP contribution in [0.2, 0.25) is 0 Å². The summed E-state index contributed by atoms with van der Waals surface area (Å²) >= 11 is 0. The van der Waals surface area contributed by atoms with Crippen LogP contribution in [0.5, 0.6) is 11.5 Å². The topological polar surface area (TPSA) is 38.7 Å². The van der Waals surface area contributed by atoms with Gasteiger partial charge in [0.15, 0.2) is 11.5 Å². The van der Waals surface area contributed by atoms with E-state index in [0.29, 0.717) is 0 Å². The maximum atomic E-state index is 11.6. The minimum Gasteiger partial charge on any atom is -0.493 e. The van der Waals surface area contributed by atoms with Crippen LogP contribution in [0.3, 0.4) is 0 Å². The Morgan fingerprint density at radius 3 is 1.92 bits per heavy atom. The Morgan fingerprint density at radius 1 is 0.718 bits per heavy atom. The van der Waals surface area contributed by atoms with Gasteiger partial charge in [-0.1, -0.05) is 96.1 Å². The molecule has 0 saturated heterocycles. The molecule has 0 aliphatic rings. The van der Waals surface area contributed by atoms with Crippen LogP contribution >= 0.6 is 0 Å². The Balaban J connectivity index is 1.42. The first-order valence-electron chi connectivity index (χ1n) is 14.0. The third-order valence-corrected chi connectivity index (χ3v) is 7.13. The van der Waals surface area contributed by atoms with Crippen molar-refractivity contribution < 1.29 is 14.6 Å². The van der Waals surface area contributed by atoms with Crippen molar-refractivity contribution in [2.75, 3.05) is 14.2 Å². The van der Waals surface area contributed by atoms with E-state index in [2.05, 4.69) is 44.2 Å². The lowest BCUT2D eigenvalue weighted by atomic mass is 9.85. The van der Waals surface area contributed by atoms with Gasteiger partial charge < -0.3 is 14.6 Å². The molecule has 39 heavy (non-hydrogen) atoms. The molecule has 0 aliphatic carbocycles. The number of rotatable bonds is 15. The van der Waals surface area contributed by atoms with Gasteiger partial charge >= 0.3 is 0 Å². The number of allylic oxidation sites excluding steroid dienone is 5. The SMILES string of the molecule is COc1ccc(CC/C=C(\C)CC/C=C(\C)CCC/C=C\C(O)(c2ccccc2)c2ccccc2)cc1OC. The van der Waals surface area contributed by atoms with Crippen LogP contribution in [0, 0.1) is 0 Å². The lowest BCUT2D eigenvalue weighted by Gasteiger charge is -2.26. The summed E-state index contributed by atoms with van der Waals surface area (Å²) in [4.78, 5) is 0. The molecule has 0 aliphatic heterocycles. The zero-order chi connectivity index (χ0) is 27.9. The van der Waals surface area contributed by atoms with Crippen LogP contribution in [0.4, 0.5) is 0 Å². The Bertz CT molecular complexity index is 1180. The van der Waals surface area contributed by atoms with E-state index in [1.165, 1.54) is 16.7 Å². The van der Waals surface area contributed by atoms with E-state index in [1.54, 1.807) is 14.2 Å². The molecule has 0 atom stereocenters. The molecule has 0 aromatic heterocycles. The number of aliphatic hydroxyl groups is 1. The lowest BCUT2D eigenvalue weighted by molar-refractivity contribution is 0.134. The summed E-state index contributed by atoms with van der Waals surface area (Å²) in [5.74, 6) is 1.56. The van der Waals surface area contributed by atoms with Crippen molar-refractivity contribution in [1.29, 1.82) is 0 Å². The van der Waals surface area contributed by atoms with Gasteiger partial charge in [-0.25, -0.2) is 0 Å². The van der Waals surface area contributed by atoms with Gasteiger partial charge in [-0.3, -0.25) is 0 Å². The molecule has 0 unspecified atom stereocenters. The molecule has 0 radical (unpaired) electrons. The molecule has 0 spiro atoms. The molecule has 3 heteroatoms. The Labute approximate surface area is 235 Å². The highest BCUT2D eigenvalue weighted by Gasteiger charge is 2.27. The normalized spacial score (nSPS) is 12.6. The summed E-state index contributed by atoms with van der Waals surface area (Å²) in [6, 6.07) is 25.9. The number of hydrogen-bond donors (Lipinski definition) is 1. The van der Waals surface area contributed by atoms with Crippen LogP contribution in [-0.4, -0.2) is 19.3 Å². The highest BCUT2D eigenvalue weighted by atomic mass is 16.5. The molecule has 206 valence electrons. The zero-order valence-electron chi connectivity index (χ0n) is 24.0. The van der Waals surface area contributed by atoms with E-state index in [1.807, 2.05) is 72.8 Å². The third-order valence-electron chi connectivity index (χ3n) is 7.13. The molecular weight excluding hydrogens is 480 g/mol. The van der Waals surface area contributed by atoms with Gasteiger partial charge in [-0.15, -0.1) is 0 Å². The third kappa shape index (κ3) is 9.30. The van der Waals surface area contributed by atoms with Gasteiger partial charge in [-0.2, -0.15) is 0 Å². The standard InChI is InChI=1S/C36H44O3/c1-29(17-14-18-30(2)19-15-20-31-25-26-34(38-3)35(28-31)39-4)16-8-7-13-27-36(37,32-21-9-5-10-22-32)33-23-11-6-12-24-33/h5-6,9-13,17,19,21-28,37H,7-8,14-16,18,20H2,1-4H3/b27-13-,29-17+,30-19+. The van der Waals surface area contributed by atoms with E-state index in [4.69, 9.17) is 9.47 Å². The van der Waals surface area contributed by atoms with Crippen LogP contribution in [0.1, 0.15) is 69.1 Å². The van der Waals surface area contributed by atoms with Gasteiger partial charge in [0, 0.05) is 0 Å². The van der Waals surface area contributed by atoms with Gasteiger partial charge in [-0.05, 0) is 93.7 Å². The summed E-state index contributed by atoms with van der Waals surface area (Å²) in [5, 5.41) is 11.6. The number of aryl methyl sites for hydroxylation is 1.